The molecule has 1 aromatic heterocycles. The van der Waals surface area contributed by atoms with Crippen molar-refractivity contribution in [3.63, 3.8) is 0 Å². The third-order valence-electron chi connectivity index (χ3n) is 3.39. The van der Waals surface area contributed by atoms with Crippen molar-refractivity contribution in [3.05, 3.63) is 35.7 Å². The Balaban J connectivity index is 1.89. The Kier molecular flexibility index (Phi) is 3.56. The Labute approximate surface area is 117 Å². The molecule has 1 aliphatic heterocycles. The molecule has 1 aromatic carbocycles. The first-order valence-electron chi connectivity index (χ1n) is 6.84. The van der Waals surface area contributed by atoms with Gasteiger partial charge in [0.25, 0.3) is 0 Å². The molecule has 0 fully saturated rings. The summed E-state index contributed by atoms with van der Waals surface area (Å²) in [7, 11) is 0. The molecule has 2 heterocycles. The van der Waals surface area contributed by atoms with Crippen molar-refractivity contribution < 1.29 is 9.84 Å². The second-order valence-electron chi connectivity index (χ2n) is 4.69. The van der Waals surface area contributed by atoms with Crippen LogP contribution in [0.5, 0.6) is 5.75 Å². The van der Waals surface area contributed by atoms with Crippen LogP contribution in [0.15, 0.2) is 24.3 Å². The molecule has 1 atom stereocenters. The molecule has 0 saturated heterocycles. The van der Waals surface area contributed by atoms with E-state index in [1.165, 1.54) is 5.56 Å². The van der Waals surface area contributed by atoms with Crippen LogP contribution in [0.3, 0.4) is 0 Å². The van der Waals surface area contributed by atoms with E-state index in [-0.39, 0.29) is 12.6 Å². The highest BCUT2D eigenvalue weighted by Gasteiger charge is 2.24. The second kappa shape index (κ2) is 5.50. The maximum Gasteiger partial charge on any atom is 0.222 e. The number of nitrogens with zero attached hydrogens (tertiary/aromatic N) is 3. The van der Waals surface area contributed by atoms with Crippen molar-refractivity contribution >= 4 is 5.95 Å². The van der Waals surface area contributed by atoms with Crippen molar-refractivity contribution in [3.8, 4) is 5.75 Å². The molecule has 6 heteroatoms. The van der Waals surface area contributed by atoms with Gasteiger partial charge in [0.15, 0.2) is 5.82 Å². The number of rotatable bonds is 4. The van der Waals surface area contributed by atoms with Crippen molar-refractivity contribution in [1.29, 1.82) is 0 Å². The zero-order valence-electron chi connectivity index (χ0n) is 11.4. The molecule has 1 aliphatic rings. The van der Waals surface area contributed by atoms with Gasteiger partial charge in [0.2, 0.25) is 5.95 Å². The van der Waals surface area contributed by atoms with E-state index in [1.807, 2.05) is 23.7 Å². The number of anilines is 1. The van der Waals surface area contributed by atoms with E-state index < -0.39 is 0 Å². The fraction of sp³-hybridized carbons (Fsp3) is 0.429. The van der Waals surface area contributed by atoms with Crippen molar-refractivity contribution in [2.24, 2.45) is 0 Å². The maximum atomic E-state index is 9.16. The number of hydrogen-bond donors (Lipinski definition) is 2. The second-order valence-corrected chi connectivity index (χ2v) is 4.69. The molecule has 3 rings (SSSR count). The third kappa shape index (κ3) is 2.34. The van der Waals surface area contributed by atoms with Gasteiger partial charge in [-0.15, -0.1) is 0 Å². The molecule has 1 unspecified atom stereocenters. The van der Waals surface area contributed by atoms with Gasteiger partial charge in [0.05, 0.1) is 12.6 Å². The Hall–Kier alpha value is -2.08. The molecule has 0 amide bonds. The van der Waals surface area contributed by atoms with Crippen LogP contribution in [-0.4, -0.2) is 33.0 Å². The third-order valence-corrected chi connectivity index (χ3v) is 3.39. The van der Waals surface area contributed by atoms with Crippen LogP contribution >= 0.6 is 0 Å². The van der Waals surface area contributed by atoms with E-state index in [0.29, 0.717) is 12.4 Å². The van der Waals surface area contributed by atoms with Gasteiger partial charge in [-0.25, -0.2) is 4.68 Å². The summed E-state index contributed by atoms with van der Waals surface area (Å²) >= 11 is 0. The van der Waals surface area contributed by atoms with Crippen molar-refractivity contribution in [2.75, 3.05) is 18.5 Å². The fourth-order valence-corrected chi connectivity index (χ4v) is 2.48. The van der Waals surface area contributed by atoms with E-state index in [9.17, 15) is 0 Å². The van der Waals surface area contributed by atoms with E-state index in [0.717, 1.165) is 24.7 Å². The number of aromatic nitrogens is 3. The lowest BCUT2D eigenvalue weighted by molar-refractivity contribution is 0.270. The van der Waals surface area contributed by atoms with E-state index in [1.54, 1.807) is 0 Å². The number of nitrogens with one attached hydrogen (secondary N) is 1. The summed E-state index contributed by atoms with van der Waals surface area (Å²) in [6.45, 7) is 3.34. The molecule has 0 radical (unpaired) electrons. The van der Waals surface area contributed by atoms with Crippen molar-refractivity contribution in [2.45, 2.75) is 26.0 Å². The van der Waals surface area contributed by atoms with Gasteiger partial charge in [-0.2, -0.15) is 10.1 Å². The van der Waals surface area contributed by atoms with Crippen LogP contribution in [0, 0.1) is 0 Å². The molecule has 2 aromatic rings. The van der Waals surface area contributed by atoms with Crippen LogP contribution < -0.4 is 10.1 Å². The minimum Gasteiger partial charge on any atom is -0.494 e. The normalized spacial score (nSPS) is 17.4. The highest BCUT2D eigenvalue weighted by molar-refractivity contribution is 5.35. The van der Waals surface area contributed by atoms with E-state index in [2.05, 4.69) is 27.5 Å². The van der Waals surface area contributed by atoms with E-state index in [4.69, 9.17) is 9.84 Å². The molecule has 0 bridgehead atoms. The number of ether oxygens (including phenoxy) is 1. The van der Waals surface area contributed by atoms with Gasteiger partial charge in [-0.05, 0) is 31.0 Å². The first-order chi connectivity index (χ1) is 9.81. The van der Waals surface area contributed by atoms with Crippen LogP contribution in [0.2, 0.25) is 0 Å². The smallest absolute Gasteiger partial charge is 0.222 e. The number of fused-ring (bicyclic) bond motifs is 1. The SMILES string of the molecule is CCOc1ccc(C2CCNc3nc(CO)nn32)cc1. The summed E-state index contributed by atoms with van der Waals surface area (Å²) in [6.07, 6.45) is 0.940. The topological polar surface area (TPSA) is 72.2 Å². The molecular weight excluding hydrogens is 256 g/mol. The Morgan fingerprint density at radius 1 is 1.40 bits per heavy atom. The molecule has 0 spiro atoms. The Morgan fingerprint density at radius 2 is 2.20 bits per heavy atom. The van der Waals surface area contributed by atoms with Gasteiger partial charge < -0.3 is 15.2 Å². The average Bonchev–Trinajstić information content (AvgIpc) is 2.91. The average molecular weight is 274 g/mol. The summed E-state index contributed by atoms with van der Waals surface area (Å²) in [6, 6.07) is 8.22. The predicted molar refractivity (Wildman–Crippen MR) is 74.8 cm³/mol. The van der Waals surface area contributed by atoms with Crippen molar-refractivity contribution in [1.82, 2.24) is 14.8 Å². The minimum absolute atomic E-state index is 0.141. The van der Waals surface area contributed by atoms with Gasteiger partial charge in [0.1, 0.15) is 12.4 Å². The van der Waals surface area contributed by atoms with Crippen LogP contribution in [0.4, 0.5) is 5.95 Å². The van der Waals surface area contributed by atoms with Gasteiger partial charge in [-0.1, -0.05) is 12.1 Å². The quantitative estimate of drug-likeness (QED) is 0.885. The van der Waals surface area contributed by atoms with E-state index >= 15 is 0 Å². The highest BCUT2D eigenvalue weighted by atomic mass is 16.5. The zero-order chi connectivity index (χ0) is 13.9. The standard InChI is InChI=1S/C14H18N4O2/c1-2-20-11-5-3-10(4-6-11)12-7-8-15-14-16-13(9-19)17-18(12)14/h3-6,12,19H,2,7-9H2,1H3,(H,15,16,17). The van der Waals surface area contributed by atoms with Crippen LogP contribution in [-0.2, 0) is 6.61 Å². The summed E-state index contributed by atoms with van der Waals surface area (Å²) in [5, 5.41) is 16.7. The summed E-state index contributed by atoms with van der Waals surface area (Å²) in [5.41, 5.74) is 1.17. The number of benzene rings is 1. The predicted octanol–water partition coefficient (Wildman–Crippen LogP) is 1.57. The van der Waals surface area contributed by atoms with Gasteiger partial charge >= 0.3 is 0 Å². The first-order valence-corrected chi connectivity index (χ1v) is 6.84. The number of aliphatic hydroxyl groups excluding tert-OH is 1. The largest absolute Gasteiger partial charge is 0.494 e. The maximum absolute atomic E-state index is 9.16. The number of hydrogen-bond acceptors (Lipinski definition) is 5. The lowest BCUT2D eigenvalue weighted by atomic mass is 10.0. The molecule has 0 saturated carbocycles. The highest BCUT2D eigenvalue weighted by Crippen LogP contribution is 2.29. The van der Waals surface area contributed by atoms with Crippen LogP contribution in [0.25, 0.3) is 0 Å². The Bertz CT molecular complexity index is 579. The lowest BCUT2D eigenvalue weighted by Gasteiger charge is -2.24. The minimum atomic E-state index is -0.141. The molecule has 6 nitrogen and oxygen atoms in total. The summed E-state index contributed by atoms with van der Waals surface area (Å²) in [5.74, 6) is 2.05. The molecule has 106 valence electrons. The van der Waals surface area contributed by atoms with Crippen LogP contribution in [0.1, 0.15) is 30.8 Å². The molecule has 0 aliphatic carbocycles. The monoisotopic (exact) mass is 274 g/mol. The summed E-state index contributed by atoms with van der Waals surface area (Å²) in [4.78, 5) is 4.26. The van der Waals surface area contributed by atoms with Gasteiger partial charge in [-0.3, -0.25) is 0 Å². The summed E-state index contributed by atoms with van der Waals surface area (Å²) < 4.78 is 7.31. The van der Waals surface area contributed by atoms with Gasteiger partial charge in [0, 0.05) is 6.54 Å². The lowest BCUT2D eigenvalue weighted by Crippen LogP contribution is -2.24. The first kappa shape index (κ1) is 12.9. The number of aliphatic hydroxyl groups is 1. The molecule has 20 heavy (non-hydrogen) atoms. The zero-order valence-corrected chi connectivity index (χ0v) is 11.4. The molecule has 2 N–H and O–H groups in total. The molecular formula is C14H18N4O2. The Morgan fingerprint density at radius 3 is 2.90 bits per heavy atom. The fourth-order valence-electron chi connectivity index (χ4n) is 2.48.